The average molecular weight is 471 g/mol. The molecule has 4 aliphatic rings. The fourth-order valence-electron chi connectivity index (χ4n) is 9.23. The van der Waals surface area contributed by atoms with Gasteiger partial charge in [-0.2, -0.15) is 0 Å². The van der Waals surface area contributed by atoms with Gasteiger partial charge in [0.2, 0.25) is 0 Å². The molecular formula is C30H46O4. The number of hydrogen-bond acceptors (Lipinski definition) is 4. The van der Waals surface area contributed by atoms with Gasteiger partial charge in [-0.3, -0.25) is 9.59 Å². The van der Waals surface area contributed by atoms with Crippen molar-refractivity contribution in [3.05, 3.63) is 23.8 Å². The van der Waals surface area contributed by atoms with Crippen LogP contribution in [0.1, 0.15) is 98.8 Å². The summed E-state index contributed by atoms with van der Waals surface area (Å²) in [4.78, 5) is 24.9. The highest BCUT2D eigenvalue weighted by Gasteiger charge is 2.64. The molecule has 1 saturated heterocycles. The first-order valence-electron chi connectivity index (χ1n) is 13.6. The van der Waals surface area contributed by atoms with Crippen LogP contribution in [0.25, 0.3) is 0 Å². The lowest BCUT2D eigenvalue weighted by molar-refractivity contribution is -0.155. The first kappa shape index (κ1) is 25.7. The van der Waals surface area contributed by atoms with Crippen molar-refractivity contribution in [3.63, 3.8) is 0 Å². The Morgan fingerprint density at radius 2 is 1.85 bits per heavy atom. The number of ether oxygens (including phenoxy) is 1. The van der Waals surface area contributed by atoms with Crippen molar-refractivity contribution >= 4 is 11.8 Å². The molecule has 0 aromatic heterocycles. The van der Waals surface area contributed by atoms with E-state index in [1.54, 1.807) is 0 Å². The number of aliphatic hydroxyl groups excluding tert-OH is 1. The minimum Gasteiger partial charge on any atom is -0.458 e. The van der Waals surface area contributed by atoms with E-state index in [2.05, 4.69) is 27.4 Å². The quantitative estimate of drug-likeness (QED) is 0.276. The van der Waals surface area contributed by atoms with Crippen molar-refractivity contribution < 1.29 is 19.4 Å². The number of esters is 1. The topological polar surface area (TPSA) is 63.6 Å². The predicted octanol–water partition coefficient (Wildman–Crippen LogP) is 6.42. The van der Waals surface area contributed by atoms with E-state index < -0.39 is 5.60 Å². The highest BCUT2D eigenvalue weighted by molar-refractivity contribution is 5.90. The largest absolute Gasteiger partial charge is 0.458 e. The summed E-state index contributed by atoms with van der Waals surface area (Å²) in [5.74, 6) is 2.33. The van der Waals surface area contributed by atoms with Crippen LogP contribution in [-0.2, 0) is 14.3 Å². The molecule has 34 heavy (non-hydrogen) atoms. The van der Waals surface area contributed by atoms with Crippen LogP contribution in [0.2, 0.25) is 0 Å². The Kier molecular flexibility index (Phi) is 6.96. The number of allylic oxidation sites excluding steroid dienone is 2. The van der Waals surface area contributed by atoms with Gasteiger partial charge >= 0.3 is 5.97 Å². The molecule has 190 valence electrons. The van der Waals surface area contributed by atoms with E-state index >= 15 is 0 Å². The van der Waals surface area contributed by atoms with Gasteiger partial charge < -0.3 is 9.84 Å². The van der Waals surface area contributed by atoms with Crippen LogP contribution in [0.5, 0.6) is 0 Å². The molecule has 0 bridgehead atoms. The van der Waals surface area contributed by atoms with Gasteiger partial charge in [-0.25, -0.2) is 0 Å². The number of ketones is 1. The van der Waals surface area contributed by atoms with E-state index in [4.69, 9.17) is 4.74 Å². The number of rotatable bonds is 6. The summed E-state index contributed by atoms with van der Waals surface area (Å²) < 4.78 is 6.10. The Morgan fingerprint density at radius 1 is 1.15 bits per heavy atom. The van der Waals surface area contributed by atoms with Crippen molar-refractivity contribution in [1.29, 1.82) is 0 Å². The first-order valence-corrected chi connectivity index (χ1v) is 13.6. The van der Waals surface area contributed by atoms with Crippen LogP contribution < -0.4 is 0 Å². The fourth-order valence-corrected chi connectivity index (χ4v) is 9.23. The van der Waals surface area contributed by atoms with Crippen LogP contribution in [0.15, 0.2) is 23.8 Å². The van der Waals surface area contributed by atoms with Gasteiger partial charge in [0.25, 0.3) is 0 Å². The summed E-state index contributed by atoms with van der Waals surface area (Å²) in [5, 5.41) is 9.94. The summed E-state index contributed by atoms with van der Waals surface area (Å²) in [6, 6.07) is 0. The molecule has 0 amide bonds. The molecule has 1 aliphatic heterocycles. The zero-order valence-electron chi connectivity index (χ0n) is 22.1. The normalized spacial score (nSPS) is 42.4. The van der Waals surface area contributed by atoms with Crippen molar-refractivity contribution in [2.75, 3.05) is 6.61 Å². The second-order valence-electron chi connectivity index (χ2n) is 12.9. The molecule has 1 N–H and O–H groups in total. The average Bonchev–Trinajstić information content (AvgIpc) is 3.19. The van der Waals surface area contributed by atoms with Crippen molar-refractivity contribution in [3.8, 4) is 0 Å². The monoisotopic (exact) mass is 470 g/mol. The predicted molar refractivity (Wildman–Crippen MR) is 135 cm³/mol. The lowest BCUT2D eigenvalue weighted by Gasteiger charge is -2.57. The molecule has 1 heterocycles. The minimum absolute atomic E-state index is 0.0341. The Hall–Kier alpha value is -1.42. The third-order valence-corrected chi connectivity index (χ3v) is 11.0. The van der Waals surface area contributed by atoms with Gasteiger partial charge in [-0.15, -0.1) is 0 Å². The molecule has 4 rings (SSSR count). The number of carbonyl (C=O) groups is 2. The second kappa shape index (κ2) is 9.22. The van der Waals surface area contributed by atoms with E-state index in [1.807, 2.05) is 19.9 Å². The zero-order chi connectivity index (χ0) is 24.9. The van der Waals surface area contributed by atoms with Crippen molar-refractivity contribution in [2.45, 2.75) is 104 Å². The molecule has 0 aromatic carbocycles. The maximum Gasteiger partial charge on any atom is 0.306 e. The van der Waals surface area contributed by atoms with Crippen molar-refractivity contribution in [2.24, 2.45) is 40.4 Å². The van der Waals surface area contributed by atoms with Crippen molar-refractivity contribution in [1.82, 2.24) is 0 Å². The number of aliphatic hydroxyl groups is 1. The first-order chi connectivity index (χ1) is 16.0. The van der Waals surface area contributed by atoms with Gasteiger partial charge in [0, 0.05) is 18.8 Å². The lowest BCUT2D eigenvalue weighted by atomic mass is 9.48. The number of hydrogen-bond donors (Lipinski definition) is 1. The molecular weight excluding hydrogens is 424 g/mol. The highest BCUT2D eigenvalue weighted by atomic mass is 16.6. The molecule has 4 heteroatoms. The van der Waals surface area contributed by atoms with Crippen LogP contribution in [0, 0.1) is 40.4 Å². The van der Waals surface area contributed by atoms with E-state index in [0.29, 0.717) is 36.5 Å². The standard InChI is InChI=1S/C30H46O4/c1-19(2)15-23(32)16-20(3)24-10-13-29(6)26-8-7-25(21(4)18-31)30(14-11-27(33)34-30)17-22(26)9-12-28(24,29)5/h15,20,22,24-26,31H,4,7-14,16-18H2,1-3,5-6H3/t20-,22-,24-,25+,26-,28-,29+,30-/m1/s1. The van der Waals surface area contributed by atoms with Crippen LogP contribution in [-0.4, -0.2) is 29.1 Å². The highest BCUT2D eigenvalue weighted by Crippen LogP contribution is 2.70. The zero-order valence-corrected chi connectivity index (χ0v) is 22.1. The molecule has 8 atom stereocenters. The maximum atomic E-state index is 12.6. The Bertz CT molecular complexity index is 869. The Balaban J connectivity index is 1.60. The second-order valence-corrected chi connectivity index (χ2v) is 12.9. The third-order valence-electron chi connectivity index (χ3n) is 11.0. The SMILES string of the molecule is C=C(CO)[C@@H]1CC[C@@H]2[C@H](CC[C@]3(C)[C@@H]([C@H](C)CC(=O)C=C(C)C)CC[C@@]23C)C[C@]12CCC(=O)O2. The summed E-state index contributed by atoms with van der Waals surface area (Å²) in [5.41, 5.74) is 1.90. The summed E-state index contributed by atoms with van der Waals surface area (Å²) in [6.45, 7) is 15.5. The summed E-state index contributed by atoms with van der Waals surface area (Å²) >= 11 is 0. The Labute approximate surface area is 206 Å². The molecule has 3 aliphatic carbocycles. The van der Waals surface area contributed by atoms with Crippen LogP contribution >= 0.6 is 0 Å². The van der Waals surface area contributed by atoms with Gasteiger partial charge in [0.15, 0.2) is 5.78 Å². The smallest absolute Gasteiger partial charge is 0.306 e. The van der Waals surface area contributed by atoms with Gasteiger partial charge in [0.1, 0.15) is 5.60 Å². The van der Waals surface area contributed by atoms with Gasteiger partial charge in [0.05, 0.1) is 6.61 Å². The summed E-state index contributed by atoms with van der Waals surface area (Å²) in [7, 11) is 0. The lowest BCUT2D eigenvalue weighted by Crippen LogP contribution is -2.50. The molecule has 0 unspecified atom stereocenters. The molecule has 1 spiro atoms. The van der Waals surface area contributed by atoms with Gasteiger partial charge in [-0.1, -0.05) is 32.9 Å². The maximum absolute atomic E-state index is 12.6. The van der Waals surface area contributed by atoms with E-state index in [1.165, 1.54) is 25.7 Å². The molecule has 3 saturated carbocycles. The number of carbonyl (C=O) groups excluding carboxylic acids is 2. The summed E-state index contributed by atoms with van der Waals surface area (Å²) in [6.07, 6.45) is 11.4. The molecule has 0 radical (unpaired) electrons. The minimum atomic E-state index is -0.470. The van der Waals surface area contributed by atoms with Crippen LogP contribution in [0.4, 0.5) is 0 Å². The molecule has 4 fully saturated rings. The molecule has 4 nitrogen and oxygen atoms in total. The van der Waals surface area contributed by atoms with Crippen LogP contribution in [0.3, 0.4) is 0 Å². The number of fused-ring (bicyclic) bond motifs is 3. The Morgan fingerprint density at radius 3 is 2.47 bits per heavy atom. The van der Waals surface area contributed by atoms with E-state index in [-0.39, 0.29) is 35.1 Å². The molecule has 0 aromatic rings. The van der Waals surface area contributed by atoms with E-state index in [0.717, 1.165) is 36.8 Å². The third kappa shape index (κ3) is 4.12. The fraction of sp³-hybridized carbons (Fsp3) is 0.800. The van der Waals surface area contributed by atoms with E-state index in [9.17, 15) is 14.7 Å². The van der Waals surface area contributed by atoms with Gasteiger partial charge in [-0.05, 0) is 111 Å².